The van der Waals surface area contributed by atoms with Gasteiger partial charge in [0.2, 0.25) is 0 Å². The van der Waals surface area contributed by atoms with Gasteiger partial charge in [-0.25, -0.2) is 4.98 Å². The summed E-state index contributed by atoms with van der Waals surface area (Å²) in [5.41, 5.74) is 5.03. The number of likely N-dealkylation sites (tertiary alicyclic amines) is 1. The van der Waals surface area contributed by atoms with Crippen LogP contribution in [-0.2, 0) is 0 Å². The van der Waals surface area contributed by atoms with Crippen molar-refractivity contribution >= 4 is 28.4 Å². The molecule has 4 aromatic rings. The van der Waals surface area contributed by atoms with Crippen molar-refractivity contribution in [3.05, 3.63) is 78.5 Å². The molecule has 0 unspecified atom stereocenters. The lowest BCUT2D eigenvalue weighted by Gasteiger charge is -2.40. The molecule has 6 rings (SSSR count). The zero-order valence-corrected chi connectivity index (χ0v) is 22.5. The molecule has 1 amide bonds. The molecule has 2 aliphatic heterocycles. The summed E-state index contributed by atoms with van der Waals surface area (Å²) in [5, 5.41) is 3.00. The number of amides is 1. The molecule has 0 saturated carbocycles. The highest BCUT2D eigenvalue weighted by Gasteiger charge is 2.26. The molecule has 2 aliphatic rings. The first-order valence-electron chi connectivity index (χ1n) is 14.0. The Morgan fingerprint density at radius 2 is 1.54 bits per heavy atom. The van der Waals surface area contributed by atoms with Gasteiger partial charge in [-0.05, 0) is 92.4 Å². The minimum Gasteiger partial charge on any atom is -0.497 e. The molecular formula is C32H35N5O2. The maximum Gasteiger partial charge on any atom is 0.255 e. The fourth-order valence-corrected chi connectivity index (χ4v) is 5.78. The van der Waals surface area contributed by atoms with Crippen molar-refractivity contribution in [3.8, 4) is 16.9 Å². The lowest BCUT2D eigenvalue weighted by Crippen LogP contribution is -2.46. The Hall–Kier alpha value is -3.97. The van der Waals surface area contributed by atoms with Crippen molar-refractivity contribution < 1.29 is 9.53 Å². The Balaban J connectivity index is 1.08. The molecule has 0 radical (unpaired) electrons. The third kappa shape index (κ3) is 5.73. The summed E-state index contributed by atoms with van der Waals surface area (Å²) in [4.78, 5) is 27.5. The van der Waals surface area contributed by atoms with Crippen molar-refractivity contribution in [2.75, 3.05) is 43.5 Å². The topological polar surface area (TPSA) is 70.6 Å². The van der Waals surface area contributed by atoms with E-state index in [4.69, 9.17) is 9.72 Å². The molecule has 1 N–H and O–H groups in total. The van der Waals surface area contributed by atoms with Crippen LogP contribution in [0, 0.1) is 0 Å². The number of fused-ring (bicyclic) bond motifs is 1. The Morgan fingerprint density at radius 1 is 0.846 bits per heavy atom. The van der Waals surface area contributed by atoms with E-state index in [1.807, 2.05) is 72.9 Å². The third-order valence-corrected chi connectivity index (χ3v) is 8.05. The number of aromatic nitrogens is 2. The maximum atomic E-state index is 12.9. The zero-order valence-electron chi connectivity index (χ0n) is 22.5. The second kappa shape index (κ2) is 11.4. The largest absolute Gasteiger partial charge is 0.497 e. The van der Waals surface area contributed by atoms with Gasteiger partial charge < -0.3 is 19.9 Å². The van der Waals surface area contributed by atoms with Gasteiger partial charge in [0.25, 0.3) is 5.91 Å². The average molecular weight is 522 g/mol. The maximum absolute atomic E-state index is 12.9. The van der Waals surface area contributed by atoms with E-state index in [-0.39, 0.29) is 5.91 Å². The van der Waals surface area contributed by atoms with E-state index in [0.717, 1.165) is 46.8 Å². The number of rotatable bonds is 6. The zero-order chi connectivity index (χ0) is 26.6. The van der Waals surface area contributed by atoms with Crippen molar-refractivity contribution in [2.45, 2.75) is 38.1 Å². The van der Waals surface area contributed by atoms with Gasteiger partial charge in [-0.3, -0.25) is 9.78 Å². The summed E-state index contributed by atoms with van der Waals surface area (Å²) >= 11 is 0. The van der Waals surface area contributed by atoms with Crippen LogP contribution >= 0.6 is 0 Å². The lowest BCUT2D eigenvalue weighted by atomic mass is 10.00. The van der Waals surface area contributed by atoms with Gasteiger partial charge in [0.1, 0.15) is 11.6 Å². The number of methoxy groups -OCH3 is 1. The van der Waals surface area contributed by atoms with E-state index in [2.05, 4.69) is 20.1 Å². The van der Waals surface area contributed by atoms with Gasteiger partial charge in [0.15, 0.2) is 0 Å². The number of hydrogen-bond acceptors (Lipinski definition) is 6. The molecule has 2 fully saturated rings. The van der Waals surface area contributed by atoms with Gasteiger partial charge >= 0.3 is 0 Å². The molecule has 7 nitrogen and oxygen atoms in total. The van der Waals surface area contributed by atoms with Crippen LogP contribution in [0.1, 0.15) is 42.5 Å². The first-order valence-corrected chi connectivity index (χ1v) is 14.0. The van der Waals surface area contributed by atoms with E-state index >= 15 is 0 Å². The van der Waals surface area contributed by atoms with Crippen LogP contribution in [0.2, 0.25) is 0 Å². The Labute approximate surface area is 229 Å². The first kappa shape index (κ1) is 25.3. The van der Waals surface area contributed by atoms with Crippen LogP contribution in [-0.4, -0.2) is 60.1 Å². The molecule has 1 aromatic heterocycles. The molecule has 7 heteroatoms. The molecule has 0 bridgehead atoms. The highest BCUT2D eigenvalue weighted by molar-refractivity contribution is 6.05. The van der Waals surface area contributed by atoms with Gasteiger partial charge in [-0.15, -0.1) is 0 Å². The van der Waals surface area contributed by atoms with Crippen molar-refractivity contribution in [3.63, 3.8) is 0 Å². The number of nitrogens with zero attached hydrogens (tertiary/aromatic N) is 4. The van der Waals surface area contributed by atoms with Crippen LogP contribution in [0.4, 0.5) is 11.5 Å². The number of piperidine rings is 2. The monoisotopic (exact) mass is 521 g/mol. The van der Waals surface area contributed by atoms with Crippen molar-refractivity contribution in [1.29, 1.82) is 0 Å². The predicted octanol–water partition coefficient (Wildman–Crippen LogP) is 6.01. The molecule has 3 aromatic carbocycles. The van der Waals surface area contributed by atoms with Crippen LogP contribution < -0.4 is 15.0 Å². The first-order chi connectivity index (χ1) is 19.2. The number of nitrogens with one attached hydrogen (secondary N) is 1. The number of ether oxygens (including phenoxy) is 1. The normalized spacial score (nSPS) is 16.8. The fourth-order valence-electron chi connectivity index (χ4n) is 5.78. The molecule has 200 valence electrons. The summed E-state index contributed by atoms with van der Waals surface area (Å²) in [5.74, 6) is 1.60. The van der Waals surface area contributed by atoms with Crippen LogP contribution in [0.15, 0.2) is 72.9 Å². The SMILES string of the molecule is COc1ccc(-c2ccc(C(=O)Nc3ccc4nc(N5CCC(N6CCCCC6)CC5)cnc4c3)cc2)cc1. The fraction of sp³-hybridized carbons (Fsp3) is 0.344. The second-order valence-corrected chi connectivity index (χ2v) is 10.5. The van der Waals surface area contributed by atoms with Gasteiger partial charge in [-0.1, -0.05) is 30.7 Å². The summed E-state index contributed by atoms with van der Waals surface area (Å²) in [6, 6.07) is 21.9. The smallest absolute Gasteiger partial charge is 0.255 e. The standard InChI is InChI=1S/C32H35N5O2/c1-39-28-12-9-24(10-13-28)23-5-7-25(8-6-23)32(38)34-26-11-14-29-30(21-26)33-22-31(35-29)37-19-15-27(16-20-37)36-17-3-2-4-18-36/h5-14,21-22,27H,2-4,15-20H2,1H3,(H,34,38). The minimum atomic E-state index is -0.156. The highest BCUT2D eigenvalue weighted by atomic mass is 16.5. The molecule has 0 spiro atoms. The lowest BCUT2D eigenvalue weighted by molar-refractivity contribution is 0.102. The molecule has 2 saturated heterocycles. The van der Waals surface area contributed by atoms with Crippen LogP contribution in [0.25, 0.3) is 22.2 Å². The molecule has 3 heterocycles. The Morgan fingerprint density at radius 3 is 2.23 bits per heavy atom. The number of hydrogen-bond donors (Lipinski definition) is 1. The molecular weight excluding hydrogens is 486 g/mol. The number of carbonyl (C=O) groups is 1. The van der Waals surface area contributed by atoms with Crippen molar-refractivity contribution in [1.82, 2.24) is 14.9 Å². The third-order valence-electron chi connectivity index (χ3n) is 8.05. The summed E-state index contributed by atoms with van der Waals surface area (Å²) in [7, 11) is 1.65. The van der Waals surface area contributed by atoms with Crippen LogP contribution in [0.3, 0.4) is 0 Å². The van der Waals surface area contributed by atoms with E-state index in [9.17, 15) is 4.79 Å². The molecule has 0 aliphatic carbocycles. The van der Waals surface area contributed by atoms with Crippen molar-refractivity contribution in [2.24, 2.45) is 0 Å². The predicted molar refractivity (Wildman–Crippen MR) is 157 cm³/mol. The summed E-state index contributed by atoms with van der Waals surface area (Å²) in [6.45, 7) is 4.56. The van der Waals surface area contributed by atoms with E-state index < -0.39 is 0 Å². The van der Waals surface area contributed by atoms with E-state index in [1.165, 1.54) is 45.2 Å². The summed E-state index contributed by atoms with van der Waals surface area (Å²) in [6.07, 6.45) is 8.31. The minimum absolute atomic E-state index is 0.156. The quantitative estimate of drug-likeness (QED) is 0.335. The second-order valence-electron chi connectivity index (χ2n) is 10.5. The Kier molecular flexibility index (Phi) is 7.41. The summed E-state index contributed by atoms with van der Waals surface area (Å²) < 4.78 is 5.23. The Bertz CT molecular complexity index is 1420. The number of carbonyl (C=O) groups excluding carboxylic acids is 1. The molecule has 39 heavy (non-hydrogen) atoms. The van der Waals surface area contributed by atoms with Gasteiger partial charge in [-0.2, -0.15) is 0 Å². The average Bonchev–Trinajstić information content (AvgIpc) is 3.01. The molecule has 0 atom stereocenters. The number of benzene rings is 3. The van der Waals surface area contributed by atoms with E-state index in [0.29, 0.717) is 17.3 Å². The highest BCUT2D eigenvalue weighted by Crippen LogP contribution is 2.26. The van der Waals surface area contributed by atoms with Gasteiger partial charge in [0.05, 0.1) is 24.3 Å². The van der Waals surface area contributed by atoms with Gasteiger partial charge in [0, 0.05) is 30.4 Å². The van der Waals surface area contributed by atoms with E-state index in [1.54, 1.807) is 7.11 Å². The number of anilines is 2. The van der Waals surface area contributed by atoms with Crippen LogP contribution in [0.5, 0.6) is 5.75 Å².